The van der Waals surface area contributed by atoms with Crippen LogP contribution in [0.5, 0.6) is 0 Å². The lowest BCUT2D eigenvalue weighted by Gasteiger charge is -2.20. The molecular weight excluding hydrogens is 296 g/mol. The number of aliphatic hydroxyl groups excluding tert-OH is 1. The van der Waals surface area contributed by atoms with Crippen LogP contribution in [0.1, 0.15) is 32.3 Å². The summed E-state index contributed by atoms with van der Waals surface area (Å²) in [6.07, 6.45) is -0.0547. The molecule has 0 aliphatic heterocycles. The first-order valence-corrected chi connectivity index (χ1v) is 7.81. The van der Waals surface area contributed by atoms with E-state index in [2.05, 4.69) is 5.32 Å². The number of rotatable bonds is 9. The molecule has 23 heavy (non-hydrogen) atoms. The second kappa shape index (κ2) is 9.27. The number of nitrogens with one attached hydrogen (secondary N) is 1. The number of aliphatic hydroxyl groups is 1. The van der Waals surface area contributed by atoms with Crippen molar-refractivity contribution in [2.45, 2.75) is 51.3 Å². The zero-order valence-corrected chi connectivity index (χ0v) is 13.6. The average Bonchev–Trinajstić information content (AvgIpc) is 2.50. The topological polar surface area (TPSA) is 113 Å². The van der Waals surface area contributed by atoms with Gasteiger partial charge >= 0.3 is 5.97 Å². The van der Waals surface area contributed by atoms with Gasteiger partial charge in [-0.15, -0.1) is 0 Å². The number of carbonyl (C=O) groups is 2. The minimum Gasteiger partial charge on any atom is -0.480 e. The molecule has 1 amide bonds. The first-order valence-electron chi connectivity index (χ1n) is 7.81. The highest BCUT2D eigenvalue weighted by Gasteiger charge is 2.24. The Morgan fingerprint density at radius 1 is 1.22 bits per heavy atom. The maximum absolute atomic E-state index is 11.8. The zero-order chi connectivity index (χ0) is 17.4. The Bertz CT molecular complexity index is 505. The Morgan fingerprint density at radius 3 is 2.35 bits per heavy atom. The van der Waals surface area contributed by atoms with Gasteiger partial charge in [-0.3, -0.25) is 4.79 Å². The average molecular weight is 322 g/mol. The van der Waals surface area contributed by atoms with Crippen molar-refractivity contribution in [3.63, 3.8) is 0 Å². The smallest absolute Gasteiger partial charge is 0.326 e. The number of benzene rings is 1. The van der Waals surface area contributed by atoms with Crippen LogP contribution in [0, 0.1) is 5.92 Å². The fourth-order valence-corrected chi connectivity index (χ4v) is 2.27. The number of carbonyl (C=O) groups excluding carboxylic acids is 1. The van der Waals surface area contributed by atoms with Crippen LogP contribution in [0.25, 0.3) is 0 Å². The highest BCUT2D eigenvalue weighted by molar-refractivity contribution is 5.83. The molecular formula is C17H26N2O4. The first-order chi connectivity index (χ1) is 10.8. The van der Waals surface area contributed by atoms with E-state index >= 15 is 0 Å². The van der Waals surface area contributed by atoms with Gasteiger partial charge in [0.25, 0.3) is 0 Å². The number of aliphatic carboxylic acids is 1. The van der Waals surface area contributed by atoms with Crippen molar-refractivity contribution in [1.82, 2.24) is 5.32 Å². The van der Waals surface area contributed by atoms with Crippen LogP contribution in [0.3, 0.4) is 0 Å². The summed E-state index contributed by atoms with van der Waals surface area (Å²) in [6.45, 7) is 3.45. The number of amides is 1. The molecule has 0 saturated heterocycles. The predicted octanol–water partition coefficient (Wildman–Crippen LogP) is 0.923. The van der Waals surface area contributed by atoms with Crippen LogP contribution in [-0.2, 0) is 16.0 Å². The molecule has 1 rings (SSSR count). The van der Waals surface area contributed by atoms with Crippen molar-refractivity contribution >= 4 is 11.9 Å². The lowest BCUT2D eigenvalue weighted by Crippen LogP contribution is -2.45. The van der Waals surface area contributed by atoms with Crippen molar-refractivity contribution < 1.29 is 19.8 Å². The van der Waals surface area contributed by atoms with Gasteiger partial charge < -0.3 is 21.3 Å². The number of nitrogens with two attached hydrogens (primary N) is 1. The van der Waals surface area contributed by atoms with Crippen LogP contribution >= 0.6 is 0 Å². The molecule has 0 spiro atoms. The summed E-state index contributed by atoms with van der Waals surface area (Å²) in [5.41, 5.74) is 6.98. The van der Waals surface area contributed by atoms with Gasteiger partial charge in [0.1, 0.15) is 6.04 Å². The maximum atomic E-state index is 11.8. The fraction of sp³-hybridized carbons (Fsp3) is 0.529. The summed E-state index contributed by atoms with van der Waals surface area (Å²) in [4.78, 5) is 22.9. The van der Waals surface area contributed by atoms with E-state index in [0.717, 1.165) is 5.56 Å². The van der Waals surface area contributed by atoms with Crippen LogP contribution < -0.4 is 11.1 Å². The summed E-state index contributed by atoms with van der Waals surface area (Å²) in [7, 11) is 0. The molecule has 0 saturated carbocycles. The van der Waals surface area contributed by atoms with E-state index in [0.29, 0.717) is 6.42 Å². The molecule has 0 fully saturated rings. The SMILES string of the molecule is CC(C)[C@H](NC(=O)CCC(O)[C@@H](N)Cc1ccccc1)C(=O)O. The summed E-state index contributed by atoms with van der Waals surface area (Å²) in [5, 5.41) is 21.6. The van der Waals surface area contributed by atoms with E-state index in [1.165, 1.54) is 0 Å². The van der Waals surface area contributed by atoms with Gasteiger partial charge in [-0.2, -0.15) is 0 Å². The lowest BCUT2D eigenvalue weighted by molar-refractivity contribution is -0.143. The molecule has 6 nitrogen and oxygen atoms in total. The second-order valence-electron chi connectivity index (χ2n) is 6.09. The lowest BCUT2D eigenvalue weighted by atomic mass is 9.98. The Kier molecular flexibility index (Phi) is 7.71. The van der Waals surface area contributed by atoms with Gasteiger partial charge in [0.2, 0.25) is 5.91 Å². The Hall–Kier alpha value is -1.92. The molecule has 1 aromatic rings. The van der Waals surface area contributed by atoms with Crippen LogP contribution in [0.4, 0.5) is 0 Å². The van der Waals surface area contributed by atoms with Crippen molar-refractivity contribution in [2.75, 3.05) is 0 Å². The third kappa shape index (κ3) is 6.80. The Labute approximate surface area is 136 Å². The second-order valence-corrected chi connectivity index (χ2v) is 6.09. The van der Waals surface area contributed by atoms with E-state index in [4.69, 9.17) is 10.8 Å². The molecule has 1 unspecified atom stereocenters. The first kappa shape index (κ1) is 19.1. The largest absolute Gasteiger partial charge is 0.480 e. The molecule has 0 bridgehead atoms. The van der Waals surface area contributed by atoms with Crippen molar-refractivity contribution in [1.29, 1.82) is 0 Å². The van der Waals surface area contributed by atoms with E-state index in [1.807, 2.05) is 30.3 Å². The normalized spacial score (nSPS) is 15.0. The molecule has 0 aliphatic rings. The summed E-state index contributed by atoms with van der Waals surface area (Å²) in [6, 6.07) is 8.19. The quantitative estimate of drug-likeness (QED) is 0.540. The Morgan fingerprint density at radius 2 is 1.83 bits per heavy atom. The van der Waals surface area contributed by atoms with E-state index < -0.39 is 30.1 Å². The third-order valence-electron chi connectivity index (χ3n) is 3.72. The van der Waals surface area contributed by atoms with Crippen molar-refractivity contribution in [3.05, 3.63) is 35.9 Å². The van der Waals surface area contributed by atoms with Crippen LogP contribution in [0.2, 0.25) is 0 Å². The highest BCUT2D eigenvalue weighted by Crippen LogP contribution is 2.09. The Balaban J connectivity index is 2.41. The summed E-state index contributed by atoms with van der Waals surface area (Å²) < 4.78 is 0. The van der Waals surface area contributed by atoms with Gasteiger partial charge in [-0.1, -0.05) is 44.2 Å². The molecule has 0 heterocycles. The van der Waals surface area contributed by atoms with Gasteiger partial charge in [0.05, 0.1) is 6.10 Å². The van der Waals surface area contributed by atoms with E-state index in [9.17, 15) is 14.7 Å². The molecule has 1 aromatic carbocycles. The van der Waals surface area contributed by atoms with Crippen molar-refractivity contribution in [3.8, 4) is 0 Å². The third-order valence-corrected chi connectivity index (χ3v) is 3.72. The summed E-state index contributed by atoms with van der Waals surface area (Å²) >= 11 is 0. The maximum Gasteiger partial charge on any atom is 0.326 e. The van der Waals surface area contributed by atoms with Gasteiger partial charge in [-0.05, 0) is 24.3 Å². The van der Waals surface area contributed by atoms with E-state index in [1.54, 1.807) is 13.8 Å². The molecule has 0 aromatic heterocycles. The number of hydrogen-bond acceptors (Lipinski definition) is 4. The minimum absolute atomic E-state index is 0.0418. The van der Waals surface area contributed by atoms with Gasteiger partial charge in [0.15, 0.2) is 0 Å². The molecule has 3 atom stereocenters. The molecule has 5 N–H and O–H groups in total. The standard InChI is InChI=1S/C17H26N2O4/c1-11(2)16(17(22)23)19-15(21)9-8-14(20)13(18)10-12-6-4-3-5-7-12/h3-7,11,13-14,16,20H,8-10,18H2,1-2H3,(H,19,21)(H,22,23)/t13-,14?,16-/m0/s1. The van der Waals surface area contributed by atoms with Crippen LogP contribution in [0.15, 0.2) is 30.3 Å². The number of hydrogen-bond donors (Lipinski definition) is 4. The zero-order valence-electron chi connectivity index (χ0n) is 13.6. The van der Waals surface area contributed by atoms with Crippen molar-refractivity contribution in [2.24, 2.45) is 11.7 Å². The molecule has 128 valence electrons. The monoisotopic (exact) mass is 322 g/mol. The summed E-state index contributed by atoms with van der Waals surface area (Å²) in [5.74, 6) is -1.66. The molecule has 0 aliphatic carbocycles. The number of carboxylic acid groups (broad SMARTS) is 1. The van der Waals surface area contributed by atoms with Gasteiger partial charge in [0, 0.05) is 12.5 Å². The predicted molar refractivity (Wildman–Crippen MR) is 87.8 cm³/mol. The van der Waals surface area contributed by atoms with Crippen LogP contribution in [-0.4, -0.2) is 40.3 Å². The number of carboxylic acids is 1. The van der Waals surface area contributed by atoms with Gasteiger partial charge in [-0.25, -0.2) is 4.79 Å². The molecule has 6 heteroatoms. The fourth-order valence-electron chi connectivity index (χ4n) is 2.27. The minimum atomic E-state index is -1.06. The highest BCUT2D eigenvalue weighted by atomic mass is 16.4. The molecule has 0 radical (unpaired) electrons. The van der Waals surface area contributed by atoms with E-state index in [-0.39, 0.29) is 18.8 Å².